The summed E-state index contributed by atoms with van der Waals surface area (Å²) >= 11 is 0. The molecule has 1 aromatic heterocycles. The van der Waals surface area contributed by atoms with Gasteiger partial charge in [-0.3, -0.25) is 5.43 Å². The topological polar surface area (TPSA) is 88.4 Å². The van der Waals surface area contributed by atoms with Gasteiger partial charge >= 0.3 is 0 Å². The Bertz CT molecular complexity index is 794. The predicted molar refractivity (Wildman–Crippen MR) is 113 cm³/mol. The van der Waals surface area contributed by atoms with Gasteiger partial charge in [0.25, 0.3) is 0 Å². The highest BCUT2D eigenvalue weighted by Gasteiger charge is 2.14. The van der Waals surface area contributed by atoms with Gasteiger partial charge in [-0.05, 0) is 12.5 Å². The number of rotatable bonds is 10. The molecule has 2 aromatic rings. The number of hydrogen-bond acceptors (Lipinski definition) is 8. The smallest absolute Gasteiger partial charge is 0.217 e. The summed E-state index contributed by atoms with van der Waals surface area (Å²) in [6.45, 7) is 6.10. The summed E-state index contributed by atoms with van der Waals surface area (Å²) in [6, 6.07) is 12.0. The van der Waals surface area contributed by atoms with E-state index in [1.165, 1.54) is 5.56 Å². The van der Waals surface area contributed by atoms with Crippen LogP contribution < -0.4 is 15.1 Å². The average molecular weight is 400 g/mol. The summed E-state index contributed by atoms with van der Waals surface area (Å²) in [5, 5.41) is 13.1. The number of aryl methyl sites for hydroxylation is 1. The molecule has 0 amide bonds. The lowest BCUT2D eigenvalue weighted by molar-refractivity contribution is 0.0695. The molecule has 0 radical (unpaired) electrons. The Labute approximate surface area is 171 Å². The van der Waals surface area contributed by atoms with Gasteiger partial charge in [0.15, 0.2) is 5.82 Å². The molecule has 1 fully saturated rings. The SMILES string of the molecule is Cc1cccc(/C=N/Nc2cc(N3CCOCC3)cc(OCCOCCO)n2)c1. The molecule has 156 valence electrons. The Morgan fingerprint density at radius 3 is 2.86 bits per heavy atom. The molecule has 0 saturated carbocycles. The summed E-state index contributed by atoms with van der Waals surface area (Å²) in [7, 11) is 0. The second kappa shape index (κ2) is 11.4. The van der Waals surface area contributed by atoms with E-state index in [1.807, 2.05) is 37.3 Å². The first-order valence-corrected chi connectivity index (χ1v) is 9.76. The van der Waals surface area contributed by atoms with Gasteiger partial charge in [0.2, 0.25) is 5.88 Å². The lowest BCUT2D eigenvalue weighted by Gasteiger charge is -2.29. The largest absolute Gasteiger partial charge is 0.475 e. The first-order valence-electron chi connectivity index (χ1n) is 9.76. The van der Waals surface area contributed by atoms with Crippen LogP contribution >= 0.6 is 0 Å². The third-order valence-corrected chi connectivity index (χ3v) is 4.31. The van der Waals surface area contributed by atoms with Crippen molar-refractivity contribution in [1.29, 1.82) is 0 Å². The van der Waals surface area contributed by atoms with Gasteiger partial charge in [-0.1, -0.05) is 29.8 Å². The van der Waals surface area contributed by atoms with Crippen molar-refractivity contribution in [3.05, 3.63) is 47.5 Å². The standard InChI is InChI=1S/C21H28N4O4/c1-17-3-2-4-18(13-17)16-22-24-20-14-19(25-5-8-27-9-6-25)15-21(23-20)29-12-11-28-10-7-26/h2-4,13-16,26H,5-12H2,1H3,(H,23,24)/b22-16+. The lowest BCUT2D eigenvalue weighted by atomic mass is 10.2. The van der Waals surface area contributed by atoms with Gasteiger partial charge in [0, 0.05) is 30.9 Å². The van der Waals surface area contributed by atoms with E-state index in [9.17, 15) is 0 Å². The summed E-state index contributed by atoms with van der Waals surface area (Å²) in [5.74, 6) is 1.10. The van der Waals surface area contributed by atoms with Crippen LogP contribution in [0.4, 0.5) is 11.5 Å². The fourth-order valence-corrected chi connectivity index (χ4v) is 2.92. The fourth-order valence-electron chi connectivity index (χ4n) is 2.92. The molecule has 8 nitrogen and oxygen atoms in total. The minimum Gasteiger partial charge on any atom is -0.475 e. The summed E-state index contributed by atoms with van der Waals surface area (Å²) in [6.07, 6.45) is 1.76. The number of pyridine rings is 1. The Kier molecular flexibility index (Phi) is 8.24. The molecule has 3 rings (SSSR count). The molecule has 1 aromatic carbocycles. The van der Waals surface area contributed by atoms with Crippen molar-refractivity contribution < 1.29 is 19.3 Å². The van der Waals surface area contributed by atoms with Crippen molar-refractivity contribution in [2.45, 2.75) is 6.92 Å². The number of morpholine rings is 1. The van der Waals surface area contributed by atoms with Gasteiger partial charge in [-0.2, -0.15) is 10.1 Å². The van der Waals surface area contributed by atoms with E-state index < -0.39 is 0 Å². The zero-order chi connectivity index (χ0) is 20.3. The third-order valence-electron chi connectivity index (χ3n) is 4.31. The number of benzene rings is 1. The summed E-state index contributed by atoms with van der Waals surface area (Å²) in [5.41, 5.74) is 6.20. The number of nitrogens with zero attached hydrogens (tertiary/aromatic N) is 3. The van der Waals surface area contributed by atoms with E-state index in [4.69, 9.17) is 19.3 Å². The quantitative estimate of drug-likeness (QED) is 0.358. The molecule has 0 aliphatic carbocycles. The highest BCUT2D eigenvalue weighted by molar-refractivity contribution is 5.80. The maximum Gasteiger partial charge on any atom is 0.217 e. The minimum atomic E-state index is -0.00221. The second-order valence-corrected chi connectivity index (χ2v) is 6.62. The van der Waals surface area contributed by atoms with Crippen molar-refractivity contribution in [2.75, 3.05) is 63.1 Å². The zero-order valence-corrected chi connectivity index (χ0v) is 16.7. The highest BCUT2D eigenvalue weighted by atomic mass is 16.5. The van der Waals surface area contributed by atoms with Crippen molar-refractivity contribution >= 4 is 17.7 Å². The Hall–Kier alpha value is -2.68. The van der Waals surface area contributed by atoms with Gasteiger partial charge in [-0.25, -0.2) is 0 Å². The van der Waals surface area contributed by atoms with Crippen LogP contribution in [0.25, 0.3) is 0 Å². The number of hydrazone groups is 1. The first kappa shape index (κ1) is 21.0. The third kappa shape index (κ3) is 7.01. The van der Waals surface area contributed by atoms with E-state index in [-0.39, 0.29) is 6.61 Å². The number of nitrogens with one attached hydrogen (secondary N) is 1. The number of ether oxygens (including phenoxy) is 3. The first-order chi connectivity index (χ1) is 14.2. The molecule has 29 heavy (non-hydrogen) atoms. The van der Waals surface area contributed by atoms with E-state index in [1.54, 1.807) is 6.21 Å². The second-order valence-electron chi connectivity index (χ2n) is 6.62. The van der Waals surface area contributed by atoms with Gasteiger partial charge < -0.3 is 24.2 Å². The van der Waals surface area contributed by atoms with Crippen molar-refractivity contribution in [2.24, 2.45) is 5.10 Å². The molecule has 8 heteroatoms. The van der Waals surface area contributed by atoms with Crippen molar-refractivity contribution in [3.63, 3.8) is 0 Å². The molecule has 1 saturated heterocycles. The number of aromatic nitrogens is 1. The Morgan fingerprint density at radius 2 is 2.07 bits per heavy atom. The highest BCUT2D eigenvalue weighted by Crippen LogP contribution is 2.24. The number of hydrogen-bond donors (Lipinski definition) is 2. The van der Waals surface area contributed by atoms with E-state index >= 15 is 0 Å². The zero-order valence-electron chi connectivity index (χ0n) is 16.7. The van der Waals surface area contributed by atoms with E-state index in [2.05, 4.69) is 26.5 Å². The summed E-state index contributed by atoms with van der Waals surface area (Å²) in [4.78, 5) is 6.72. The minimum absolute atomic E-state index is 0.00221. The van der Waals surface area contributed by atoms with Gasteiger partial charge in [0.1, 0.15) is 6.61 Å². The van der Waals surface area contributed by atoms with E-state index in [0.717, 1.165) is 24.3 Å². The van der Waals surface area contributed by atoms with E-state index in [0.29, 0.717) is 44.7 Å². The Morgan fingerprint density at radius 1 is 1.21 bits per heavy atom. The van der Waals surface area contributed by atoms with Crippen LogP contribution in [0.15, 0.2) is 41.5 Å². The van der Waals surface area contributed by atoms with Crippen LogP contribution in [0.3, 0.4) is 0 Å². The fraction of sp³-hybridized carbons (Fsp3) is 0.429. The number of aliphatic hydroxyl groups is 1. The average Bonchev–Trinajstić information content (AvgIpc) is 2.74. The molecular weight excluding hydrogens is 372 g/mol. The van der Waals surface area contributed by atoms with Crippen LogP contribution in [0.2, 0.25) is 0 Å². The van der Waals surface area contributed by atoms with Crippen molar-refractivity contribution in [1.82, 2.24) is 4.98 Å². The maximum atomic E-state index is 8.76. The monoisotopic (exact) mass is 400 g/mol. The van der Waals surface area contributed by atoms with Crippen LogP contribution in [0, 0.1) is 6.92 Å². The molecule has 0 bridgehead atoms. The number of anilines is 2. The summed E-state index contributed by atoms with van der Waals surface area (Å²) < 4.78 is 16.4. The molecule has 0 spiro atoms. The van der Waals surface area contributed by atoms with Crippen LogP contribution in [-0.2, 0) is 9.47 Å². The molecular formula is C21H28N4O4. The maximum absolute atomic E-state index is 8.76. The normalized spacial score (nSPS) is 14.3. The Balaban J connectivity index is 1.68. The number of aliphatic hydroxyl groups excluding tert-OH is 1. The van der Waals surface area contributed by atoms with Crippen LogP contribution in [-0.4, -0.2) is 69.0 Å². The molecule has 0 atom stereocenters. The molecule has 1 aliphatic rings. The van der Waals surface area contributed by atoms with Crippen LogP contribution in [0.1, 0.15) is 11.1 Å². The molecule has 0 unspecified atom stereocenters. The predicted octanol–water partition coefficient (Wildman–Crippen LogP) is 2.06. The molecule has 2 N–H and O–H groups in total. The lowest BCUT2D eigenvalue weighted by Crippen LogP contribution is -2.36. The van der Waals surface area contributed by atoms with Crippen LogP contribution in [0.5, 0.6) is 5.88 Å². The molecule has 2 heterocycles. The van der Waals surface area contributed by atoms with Crippen molar-refractivity contribution in [3.8, 4) is 5.88 Å². The van der Waals surface area contributed by atoms with Gasteiger partial charge in [-0.15, -0.1) is 0 Å². The van der Waals surface area contributed by atoms with Gasteiger partial charge in [0.05, 0.1) is 39.2 Å². The molecule has 1 aliphatic heterocycles.